The van der Waals surface area contributed by atoms with Crippen LogP contribution < -0.4 is 21.9 Å². The van der Waals surface area contributed by atoms with Crippen LogP contribution in [-0.4, -0.2) is 44.7 Å². The van der Waals surface area contributed by atoms with Gasteiger partial charge < -0.3 is 15.2 Å². The fourth-order valence-corrected chi connectivity index (χ4v) is 2.06. The SMILES string of the molecule is CNCCNC(=O)Cn1c(=O)c2c(ncn2C)n(C)c1=O. The van der Waals surface area contributed by atoms with Gasteiger partial charge >= 0.3 is 5.69 Å². The largest absolute Gasteiger partial charge is 0.353 e. The average molecular weight is 294 g/mol. The highest BCUT2D eigenvalue weighted by Crippen LogP contribution is 2.02. The van der Waals surface area contributed by atoms with Crippen LogP contribution in [0.15, 0.2) is 15.9 Å². The Bertz CT molecular complexity index is 785. The van der Waals surface area contributed by atoms with Crippen LogP contribution in [0.2, 0.25) is 0 Å². The Morgan fingerprint density at radius 1 is 1.29 bits per heavy atom. The monoisotopic (exact) mass is 294 g/mol. The average Bonchev–Trinajstić information content (AvgIpc) is 2.84. The van der Waals surface area contributed by atoms with Crippen molar-refractivity contribution in [1.29, 1.82) is 0 Å². The summed E-state index contributed by atoms with van der Waals surface area (Å²) in [5, 5.41) is 5.52. The van der Waals surface area contributed by atoms with Crippen molar-refractivity contribution in [1.82, 2.24) is 29.3 Å². The summed E-state index contributed by atoms with van der Waals surface area (Å²) in [5.41, 5.74) is -0.480. The van der Waals surface area contributed by atoms with Gasteiger partial charge in [0.05, 0.1) is 6.33 Å². The number of hydrogen-bond acceptors (Lipinski definition) is 5. The summed E-state index contributed by atoms with van der Waals surface area (Å²) in [5.74, 6) is -0.383. The fraction of sp³-hybridized carbons (Fsp3) is 0.500. The maximum atomic E-state index is 12.3. The van der Waals surface area contributed by atoms with Crippen molar-refractivity contribution in [2.45, 2.75) is 6.54 Å². The third kappa shape index (κ3) is 2.72. The van der Waals surface area contributed by atoms with Crippen molar-refractivity contribution in [3.63, 3.8) is 0 Å². The summed E-state index contributed by atoms with van der Waals surface area (Å²) in [7, 11) is 4.95. The number of fused-ring (bicyclic) bond motifs is 1. The number of nitrogens with one attached hydrogen (secondary N) is 2. The molecule has 0 atom stereocenters. The summed E-state index contributed by atoms with van der Waals surface area (Å²) in [4.78, 5) is 40.3. The highest BCUT2D eigenvalue weighted by Gasteiger charge is 2.16. The molecule has 2 N–H and O–H groups in total. The molecular formula is C12H18N6O3. The van der Waals surface area contributed by atoms with E-state index in [1.807, 2.05) is 0 Å². The smallest absolute Gasteiger partial charge is 0.332 e. The Kier molecular flexibility index (Phi) is 4.22. The summed E-state index contributed by atoms with van der Waals surface area (Å²) < 4.78 is 3.71. The van der Waals surface area contributed by atoms with Crippen LogP contribution in [0.3, 0.4) is 0 Å². The zero-order valence-electron chi connectivity index (χ0n) is 12.2. The molecule has 0 aromatic carbocycles. The van der Waals surface area contributed by atoms with E-state index in [-0.39, 0.29) is 12.5 Å². The van der Waals surface area contributed by atoms with E-state index in [2.05, 4.69) is 15.6 Å². The van der Waals surface area contributed by atoms with Crippen LogP contribution in [0.1, 0.15) is 0 Å². The first-order chi connectivity index (χ1) is 9.97. The fourth-order valence-electron chi connectivity index (χ4n) is 2.06. The molecule has 0 bridgehead atoms. The van der Waals surface area contributed by atoms with Crippen molar-refractivity contribution in [3.05, 3.63) is 27.2 Å². The molecule has 0 aliphatic heterocycles. The van der Waals surface area contributed by atoms with Crippen molar-refractivity contribution >= 4 is 17.1 Å². The summed E-state index contributed by atoms with van der Waals surface area (Å²) in [6, 6.07) is 0. The van der Waals surface area contributed by atoms with Gasteiger partial charge in [-0.15, -0.1) is 0 Å². The van der Waals surface area contributed by atoms with Gasteiger partial charge in [0.25, 0.3) is 5.56 Å². The van der Waals surface area contributed by atoms with Gasteiger partial charge in [-0.2, -0.15) is 0 Å². The molecule has 9 nitrogen and oxygen atoms in total. The zero-order chi connectivity index (χ0) is 15.6. The lowest BCUT2D eigenvalue weighted by atomic mass is 10.4. The van der Waals surface area contributed by atoms with E-state index < -0.39 is 11.2 Å². The standard InChI is InChI=1S/C12H18N6O3/c1-13-4-5-14-8(19)6-18-11(20)9-10(15-7-16(9)2)17(3)12(18)21/h7,13H,4-6H2,1-3H3,(H,14,19). The lowest BCUT2D eigenvalue weighted by molar-refractivity contribution is -0.121. The van der Waals surface area contributed by atoms with Crippen molar-refractivity contribution in [2.24, 2.45) is 14.1 Å². The summed E-state index contributed by atoms with van der Waals surface area (Å²) >= 11 is 0. The quantitative estimate of drug-likeness (QED) is 0.608. The minimum atomic E-state index is -0.560. The third-order valence-corrected chi connectivity index (χ3v) is 3.20. The molecule has 2 aromatic rings. The number of amides is 1. The number of aromatic nitrogens is 4. The number of imidazole rings is 1. The first-order valence-electron chi connectivity index (χ1n) is 6.49. The highest BCUT2D eigenvalue weighted by atomic mass is 16.2. The molecule has 0 unspecified atom stereocenters. The van der Waals surface area contributed by atoms with Crippen molar-refractivity contribution < 1.29 is 4.79 Å². The molecule has 0 saturated heterocycles. The first kappa shape index (κ1) is 15.0. The van der Waals surface area contributed by atoms with Crippen LogP contribution in [0, 0.1) is 0 Å². The van der Waals surface area contributed by atoms with Gasteiger partial charge in [-0.3, -0.25) is 14.2 Å². The second-order valence-corrected chi connectivity index (χ2v) is 4.71. The maximum absolute atomic E-state index is 12.3. The highest BCUT2D eigenvalue weighted by molar-refractivity contribution is 5.76. The second kappa shape index (κ2) is 5.92. The van der Waals surface area contributed by atoms with Crippen LogP contribution in [0.25, 0.3) is 11.2 Å². The first-order valence-corrected chi connectivity index (χ1v) is 6.49. The van der Waals surface area contributed by atoms with E-state index in [1.54, 1.807) is 14.1 Å². The molecule has 0 aliphatic rings. The number of nitrogens with zero attached hydrogens (tertiary/aromatic N) is 4. The minimum absolute atomic E-state index is 0.292. The molecule has 0 spiro atoms. The van der Waals surface area contributed by atoms with Gasteiger partial charge in [-0.25, -0.2) is 14.3 Å². The Labute approximate surface area is 120 Å². The normalized spacial score (nSPS) is 11.0. The number of carbonyl (C=O) groups excluding carboxylic acids is 1. The predicted octanol–water partition coefficient (Wildman–Crippen LogP) is -2.23. The lowest BCUT2D eigenvalue weighted by Crippen LogP contribution is -2.44. The van der Waals surface area contributed by atoms with E-state index in [0.717, 1.165) is 4.57 Å². The number of likely N-dealkylation sites (N-methyl/N-ethyl adjacent to an activating group) is 1. The Hall–Kier alpha value is -2.42. The Balaban J connectivity index is 2.40. The molecule has 2 rings (SSSR count). The van der Waals surface area contributed by atoms with Gasteiger partial charge in [0, 0.05) is 27.2 Å². The molecule has 0 radical (unpaired) electrons. The van der Waals surface area contributed by atoms with Crippen molar-refractivity contribution in [2.75, 3.05) is 20.1 Å². The van der Waals surface area contributed by atoms with Crippen LogP contribution in [0.5, 0.6) is 0 Å². The Morgan fingerprint density at radius 3 is 2.67 bits per heavy atom. The summed E-state index contributed by atoms with van der Waals surface area (Å²) in [6.45, 7) is 0.730. The van der Waals surface area contributed by atoms with Gasteiger partial charge in [-0.05, 0) is 7.05 Å². The minimum Gasteiger partial charge on any atom is -0.353 e. The van der Waals surface area contributed by atoms with Crippen LogP contribution in [-0.2, 0) is 25.4 Å². The molecule has 9 heteroatoms. The van der Waals surface area contributed by atoms with Gasteiger partial charge in [-0.1, -0.05) is 0 Å². The number of hydrogen-bond donors (Lipinski definition) is 2. The maximum Gasteiger partial charge on any atom is 0.332 e. The van der Waals surface area contributed by atoms with Gasteiger partial charge in [0.2, 0.25) is 5.91 Å². The molecule has 2 aromatic heterocycles. The molecule has 114 valence electrons. The van der Waals surface area contributed by atoms with Gasteiger partial charge in [0.15, 0.2) is 11.2 Å². The topological polar surface area (TPSA) is 103 Å². The number of aryl methyl sites for hydroxylation is 2. The van der Waals surface area contributed by atoms with Crippen LogP contribution >= 0.6 is 0 Å². The molecule has 21 heavy (non-hydrogen) atoms. The van der Waals surface area contributed by atoms with E-state index >= 15 is 0 Å². The lowest BCUT2D eigenvalue weighted by Gasteiger charge is -2.09. The summed E-state index contributed by atoms with van der Waals surface area (Å²) in [6.07, 6.45) is 1.46. The second-order valence-electron chi connectivity index (χ2n) is 4.71. The molecule has 0 aliphatic carbocycles. The van der Waals surface area contributed by atoms with Crippen molar-refractivity contribution in [3.8, 4) is 0 Å². The van der Waals surface area contributed by atoms with Crippen LogP contribution in [0.4, 0.5) is 0 Å². The molecule has 1 amide bonds. The Morgan fingerprint density at radius 2 is 2.00 bits per heavy atom. The van der Waals surface area contributed by atoms with E-state index in [9.17, 15) is 14.4 Å². The van der Waals surface area contributed by atoms with E-state index in [4.69, 9.17) is 0 Å². The number of carbonyl (C=O) groups is 1. The molecule has 0 saturated carbocycles. The zero-order valence-corrected chi connectivity index (χ0v) is 12.2. The molecular weight excluding hydrogens is 276 g/mol. The number of rotatable bonds is 5. The molecule has 2 heterocycles. The molecule has 0 fully saturated rings. The van der Waals surface area contributed by atoms with E-state index in [0.29, 0.717) is 24.3 Å². The van der Waals surface area contributed by atoms with E-state index in [1.165, 1.54) is 22.5 Å². The third-order valence-electron chi connectivity index (χ3n) is 3.20. The predicted molar refractivity (Wildman–Crippen MR) is 77.2 cm³/mol. The van der Waals surface area contributed by atoms with Gasteiger partial charge in [0.1, 0.15) is 6.54 Å².